The number of hydrogen-bond acceptors (Lipinski definition) is 2. The van der Waals surface area contributed by atoms with E-state index in [0.29, 0.717) is 5.56 Å². The highest BCUT2D eigenvalue weighted by molar-refractivity contribution is 8.01. The van der Waals surface area contributed by atoms with Crippen LogP contribution in [0.15, 0.2) is 60.7 Å². The van der Waals surface area contributed by atoms with E-state index in [2.05, 4.69) is 0 Å². The van der Waals surface area contributed by atoms with Gasteiger partial charge in [0.2, 0.25) is 0 Å². The van der Waals surface area contributed by atoms with Crippen LogP contribution in [0.5, 0.6) is 0 Å². The Labute approximate surface area is 116 Å². The monoisotopic (exact) mass is 276 g/mol. The maximum Gasteiger partial charge on any atom is 0.190 e. The number of thioether (sulfide) groups is 1. The van der Waals surface area contributed by atoms with E-state index in [1.807, 2.05) is 48.5 Å². The summed E-state index contributed by atoms with van der Waals surface area (Å²) in [6, 6.07) is 19.2. The lowest BCUT2D eigenvalue weighted by Gasteiger charge is -2.08. The molecule has 0 amide bonds. The van der Waals surface area contributed by atoms with E-state index in [4.69, 9.17) is 11.6 Å². The quantitative estimate of drug-likeness (QED) is 0.596. The minimum atomic E-state index is -0.535. The average molecular weight is 277 g/mol. The normalized spacial score (nSPS) is 12.1. The molecule has 1 atom stereocenters. The molecule has 0 bridgehead atoms. The molecule has 1 nitrogen and oxygen atoms in total. The van der Waals surface area contributed by atoms with Gasteiger partial charge in [0.25, 0.3) is 0 Å². The first-order chi connectivity index (χ1) is 8.77. The molecule has 0 radical (unpaired) electrons. The molecule has 3 heteroatoms. The highest BCUT2D eigenvalue weighted by Crippen LogP contribution is 2.24. The fraction of sp³-hybridized carbons (Fsp3) is 0.133. The number of ketones is 1. The van der Waals surface area contributed by atoms with Crippen LogP contribution in [0.4, 0.5) is 0 Å². The van der Waals surface area contributed by atoms with Crippen LogP contribution in [0.2, 0.25) is 0 Å². The Hall–Kier alpha value is -1.25. The average Bonchev–Trinajstić information content (AvgIpc) is 2.46. The summed E-state index contributed by atoms with van der Waals surface area (Å²) in [7, 11) is 0. The zero-order valence-electron chi connectivity index (χ0n) is 9.75. The van der Waals surface area contributed by atoms with Crippen molar-refractivity contribution >= 4 is 29.1 Å². The van der Waals surface area contributed by atoms with Crippen molar-refractivity contribution in [2.24, 2.45) is 0 Å². The molecule has 92 valence electrons. The molecule has 2 aromatic rings. The van der Waals surface area contributed by atoms with E-state index in [-0.39, 0.29) is 5.78 Å². The number of carbonyl (C=O) groups excluding carboxylic acids is 1. The minimum absolute atomic E-state index is 0.0294. The SMILES string of the molecule is O=C(c1ccccc1)C(Cl)SCc1ccccc1. The third kappa shape index (κ3) is 3.62. The van der Waals surface area contributed by atoms with Gasteiger partial charge in [0.15, 0.2) is 5.78 Å². The molecular weight excluding hydrogens is 264 g/mol. The topological polar surface area (TPSA) is 17.1 Å². The third-order valence-electron chi connectivity index (χ3n) is 2.50. The predicted molar refractivity (Wildman–Crippen MR) is 78.2 cm³/mol. The molecule has 0 saturated carbocycles. The van der Waals surface area contributed by atoms with Gasteiger partial charge in [-0.15, -0.1) is 23.4 Å². The van der Waals surface area contributed by atoms with Gasteiger partial charge in [0.1, 0.15) is 4.71 Å². The van der Waals surface area contributed by atoms with Gasteiger partial charge in [-0.3, -0.25) is 4.79 Å². The molecule has 0 aliphatic heterocycles. The Morgan fingerprint density at radius 3 is 2.17 bits per heavy atom. The molecule has 0 aliphatic rings. The molecule has 2 aromatic carbocycles. The van der Waals surface area contributed by atoms with Gasteiger partial charge in [0, 0.05) is 11.3 Å². The number of benzene rings is 2. The fourth-order valence-corrected chi connectivity index (χ4v) is 2.69. The van der Waals surface area contributed by atoms with E-state index in [1.54, 1.807) is 12.1 Å². The summed E-state index contributed by atoms with van der Waals surface area (Å²) in [6.07, 6.45) is 0. The third-order valence-corrected chi connectivity index (χ3v) is 4.09. The molecule has 0 N–H and O–H groups in total. The lowest BCUT2D eigenvalue weighted by Crippen LogP contribution is -2.11. The van der Waals surface area contributed by atoms with Crippen molar-refractivity contribution in [3.63, 3.8) is 0 Å². The molecular formula is C15H13ClOS. The van der Waals surface area contributed by atoms with E-state index >= 15 is 0 Å². The summed E-state index contributed by atoms with van der Waals surface area (Å²) < 4.78 is -0.535. The van der Waals surface area contributed by atoms with Crippen LogP contribution in [0.25, 0.3) is 0 Å². The van der Waals surface area contributed by atoms with Crippen molar-refractivity contribution in [3.05, 3.63) is 71.8 Å². The van der Waals surface area contributed by atoms with E-state index in [0.717, 1.165) is 5.75 Å². The zero-order chi connectivity index (χ0) is 12.8. The van der Waals surface area contributed by atoms with Gasteiger partial charge < -0.3 is 0 Å². The summed E-state index contributed by atoms with van der Waals surface area (Å²) in [5.41, 5.74) is 1.84. The Kier molecular flexibility index (Phi) is 4.85. The number of carbonyl (C=O) groups is 1. The van der Waals surface area contributed by atoms with Crippen LogP contribution < -0.4 is 0 Å². The van der Waals surface area contributed by atoms with Crippen LogP contribution in [-0.4, -0.2) is 10.5 Å². The first kappa shape index (κ1) is 13.2. The van der Waals surface area contributed by atoms with Crippen molar-refractivity contribution in [1.82, 2.24) is 0 Å². The molecule has 0 saturated heterocycles. The van der Waals surface area contributed by atoms with Gasteiger partial charge in [-0.05, 0) is 5.56 Å². The maximum atomic E-state index is 12.0. The van der Waals surface area contributed by atoms with Crippen molar-refractivity contribution < 1.29 is 4.79 Å². The zero-order valence-corrected chi connectivity index (χ0v) is 11.3. The predicted octanol–water partition coefficient (Wildman–Crippen LogP) is 4.37. The summed E-state index contributed by atoms with van der Waals surface area (Å²) in [5.74, 6) is 0.714. The Morgan fingerprint density at radius 2 is 1.56 bits per heavy atom. The summed E-state index contributed by atoms with van der Waals surface area (Å²) in [4.78, 5) is 12.0. The van der Waals surface area contributed by atoms with Gasteiger partial charge in [0.05, 0.1) is 0 Å². The largest absolute Gasteiger partial charge is 0.292 e. The lowest BCUT2D eigenvalue weighted by atomic mass is 10.1. The number of hydrogen-bond donors (Lipinski definition) is 0. The fourth-order valence-electron chi connectivity index (χ4n) is 1.55. The first-order valence-electron chi connectivity index (χ1n) is 5.66. The lowest BCUT2D eigenvalue weighted by molar-refractivity contribution is 0.101. The summed E-state index contributed by atoms with van der Waals surface area (Å²) in [6.45, 7) is 0. The number of halogens is 1. The van der Waals surface area contributed by atoms with E-state index in [9.17, 15) is 4.79 Å². The van der Waals surface area contributed by atoms with Gasteiger partial charge in [-0.2, -0.15) is 0 Å². The van der Waals surface area contributed by atoms with Crippen LogP contribution in [0, 0.1) is 0 Å². The summed E-state index contributed by atoms with van der Waals surface area (Å²) in [5, 5.41) is 0. The molecule has 0 aliphatic carbocycles. The second kappa shape index (κ2) is 6.62. The van der Waals surface area contributed by atoms with E-state index < -0.39 is 4.71 Å². The molecule has 2 rings (SSSR count). The van der Waals surface area contributed by atoms with Crippen LogP contribution >= 0.6 is 23.4 Å². The Bertz CT molecular complexity index is 498. The first-order valence-corrected chi connectivity index (χ1v) is 7.15. The van der Waals surface area contributed by atoms with E-state index in [1.165, 1.54) is 17.3 Å². The molecule has 0 aromatic heterocycles. The number of alkyl halides is 1. The molecule has 18 heavy (non-hydrogen) atoms. The van der Waals surface area contributed by atoms with Crippen molar-refractivity contribution in [3.8, 4) is 0 Å². The smallest absolute Gasteiger partial charge is 0.190 e. The number of rotatable bonds is 5. The second-order valence-electron chi connectivity index (χ2n) is 3.84. The Balaban J connectivity index is 1.93. The number of Topliss-reactive ketones (excluding diaryl/α,β-unsaturated/α-hetero) is 1. The molecule has 0 fully saturated rings. The van der Waals surface area contributed by atoms with Gasteiger partial charge >= 0.3 is 0 Å². The van der Waals surface area contributed by atoms with Crippen molar-refractivity contribution in [2.75, 3.05) is 0 Å². The summed E-state index contributed by atoms with van der Waals surface area (Å²) >= 11 is 7.58. The van der Waals surface area contributed by atoms with Crippen molar-refractivity contribution in [2.45, 2.75) is 10.5 Å². The minimum Gasteiger partial charge on any atom is -0.292 e. The molecule has 0 spiro atoms. The second-order valence-corrected chi connectivity index (χ2v) is 5.63. The Morgan fingerprint density at radius 1 is 1.00 bits per heavy atom. The van der Waals surface area contributed by atoms with Crippen LogP contribution in [0.3, 0.4) is 0 Å². The van der Waals surface area contributed by atoms with Crippen molar-refractivity contribution in [1.29, 1.82) is 0 Å². The van der Waals surface area contributed by atoms with Gasteiger partial charge in [-0.25, -0.2) is 0 Å². The highest BCUT2D eigenvalue weighted by Gasteiger charge is 2.17. The molecule has 0 heterocycles. The standard InChI is InChI=1S/C15H13ClOS/c16-15(14(17)13-9-5-2-6-10-13)18-11-12-7-3-1-4-8-12/h1-10,15H,11H2. The molecule has 1 unspecified atom stereocenters. The van der Waals surface area contributed by atoms with Crippen LogP contribution in [-0.2, 0) is 5.75 Å². The highest BCUT2D eigenvalue weighted by atomic mass is 35.5. The maximum absolute atomic E-state index is 12.0. The van der Waals surface area contributed by atoms with Gasteiger partial charge in [-0.1, -0.05) is 60.7 Å². The van der Waals surface area contributed by atoms with Crippen LogP contribution in [0.1, 0.15) is 15.9 Å².